The van der Waals surface area contributed by atoms with Crippen LogP contribution in [0.3, 0.4) is 0 Å². The number of aromatic nitrogens is 4. The van der Waals surface area contributed by atoms with Crippen molar-refractivity contribution in [2.24, 2.45) is 0 Å². The van der Waals surface area contributed by atoms with Crippen LogP contribution in [-0.4, -0.2) is 62.7 Å². The Morgan fingerprint density at radius 2 is 1.80 bits per heavy atom. The molecule has 0 aliphatic carbocycles. The number of imidazole rings is 1. The van der Waals surface area contributed by atoms with Crippen molar-refractivity contribution in [3.8, 4) is 28.8 Å². The van der Waals surface area contributed by atoms with Gasteiger partial charge in [0.15, 0.2) is 0 Å². The predicted octanol–water partition coefficient (Wildman–Crippen LogP) is 5.18. The van der Waals surface area contributed by atoms with E-state index in [1.165, 1.54) is 7.11 Å². The van der Waals surface area contributed by atoms with Gasteiger partial charge >= 0.3 is 0 Å². The van der Waals surface area contributed by atoms with Gasteiger partial charge in [0, 0.05) is 30.7 Å². The van der Waals surface area contributed by atoms with Crippen LogP contribution in [0.4, 0.5) is 11.6 Å². The van der Waals surface area contributed by atoms with Crippen molar-refractivity contribution < 1.29 is 27.3 Å². The van der Waals surface area contributed by atoms with E-state index in [0.717, 1.165) is 18.4 Å². The summed E-state index contributed by atoms with van der Waals surface area (Å²) in [4.78, 5) is 40.7. The Kier molecular flexibility index (Phi) is 10.5. The number of anilines is 2. The highest BCUT2D eigenvalue weighted by atomic mass is 32.2. The lowest BCUT2D eigenvalue weighted by molar-refractivity contribution is -0.126. The van der Waals surface area contributed by atoms with Crippen LogP contribution >= 0.6 is 0 Å². The van der Waals surface area contributed by atoms with E-state index in [2.05, 4.69) is 27.1 Å². The van der Waals surface area contributed by atoms with Gasteiger partial charge in [-0.15, -0.1) is 0 Å². The number of likely N-dealkylation sites (tertiary alicyclic amines) is 1. The van der Waals surface area contributed by atoms with Crippen molar-refractivity contribution >= 4 is 39.1 Å². The third-order valence-electron chi connectivity index (χ3n) is 8.14. The van der Waals surface area contributed by atoms with E-state index in [4.69, 9.17) is 20.0 Å². The Morgan fingerprint density at radius 1 is 1.06 bits per heavy atom. The molecule has 0 bridgehead atoms. The van der Waals surface area contributed by atoms with E-state index < -0.39 is 10.1 Å². The van der Waals surface area contributed by atoms with Crippen molar-refractivity contribution in [3.63, 3.8) is 0 Å². The molecule has 1 fully saturated rings. The van der Waals surface area contributed by atoms with Crippen LogP contribution < -0.4 is 15.8 Å². The summed E-state index contributed by atoms with van der Waals surface area (Å²) < 4.78 is 38.2. The number of amides is 2. The molecular formula is C36H37N7O6S. The summed E-state index contributed by atoms with van der Waals surface area (Å²) in [6, 6.07) is 13.7. The van der Waals surface area contributed by atoms with Gasteiger partial charge in [0.25, 0.3) is 21.9 Å². The molecule has 1 saturated heterocycles. The van der Waals surface area contributed by atoms with E-state index in [1.54, 1.807) is 92.8 Å². The van der Waals surface area contributed by atoms with Crippen molar-refractivity contribution in [3.05, 3.63) is 95.2 Å². The number of carbonyl (C=O) groups is 2. The minimum atomic E-state index is -4.08. The molecule has 1 aliphatic rings. The van der Waals surface area contributed by atoms with Crippen LogP contribution in [0.15, 0.2) is 72.0 Å². The van der Waals surface area contributed by atoms with Gasteiger partial charge < -0.3 is 20.7 Å². The average Bonchev–Trinajstić information content (AvgIpc) is 3.70. The summed E-state index contributed by atoms with van der Waals surface area (Å²) in [7, 11) is -2.58. The van der Waals surface area contributed by atoms with Crippen molar-refractivity contribution in [2.45, 2.75) is 51.5 Å². The molecule has 1 atom stereocenters. The van der Waals surface area contributed by atoms with E-state index in [1.807, 2.05) is 11.3 Å². The van der Waals surface area contributed by atoms with E-state index in [-0.39, 0.29) is 22.8 Å². The van der Waals surface area contributed by atoms with E-state index >= 15 is 0 Å². The SMILES string of the molecule is CC#CC(=O)N1CCC[C@H]1c1nc(-c2ccc(C(=O)Nc3ccccn3)c(OC)c2)c2c(N)nccn12.Cc1cc(C)c(S(=O)(=O)O)c(C)c1. The highest BCUT2D eigenvalue weighted by Gasteiger charge is 2.34. The van der Waals surface area contributed by atoms with Gasteiger partial charge in [-0.2, -0.15) is 8.42 Å². The summed E-state index contributed by atoms with van der Waals surface area (Å²) in [5, 5.41) is 2.77. The van der Waals surface area contributed by atoms with Gasteiger partial charge in [0.05, 0.1) is 23.6 Å². The number of benzene rings is 2. The monoisotopic (exact) mass is 695 g/mol. The summed E-state index contributed by atoms with van der Waals surface area (Å²) in [5.74, 6) is 6.53. The smallest absolute Gasteiger partial charge is 0.299 e. The quantitative estimate of drug-likeness (QED) is 0.158. The lowest BCUT2D eigenvalue weighted by Crippen LogP contribution is -2.30. The zero-order valence-electron chi connectivity index (χ0n) is 28.3. The van der Waals surface area contributed by atoms with Gasteiger partial charge in [-0.05, 0) is 81.8 Å². The van der Waals surface area contributed by atoms with Crippen LogP contribution in [0, 0.1) is 32.6 Å². The molecule has 5 aromatic rings. The Balaban J connectivity index is 0.000000315. The number of carbonyl (C=O) groups excluding carboxylic acids is 2. The number of nitrogen functional groups attached to an aromatic ring is 1. The highest BCUT2D eigenvalue weighted by molar-refractivity contribution is 7.86. The normalized spacial score (nSPS) is 14.0. The van der Waals surface area contributed by atoms with Crippen molar-refractivity contribution in [1.29, 1.82) is 0 Å². The molecule has 4 N–H and O–H groups in total. The van der Waals surface area contributed by atoms with Crippen LogP contribution in [0.5, 0.6) is 5.75 Å². The number of ether oxygens (including phenoxy) is 1. The number of rotatable bonds is 6. The number of methoxy groups -OCH3 is 1. The van der Waals surface area contributed by atoms with E-state index in [0.29, 0.717) is 63.2 Å². The van der Waals surface area contributed by atoms with Crippen LogP contribution in [0.2, 0.25) is 0 Å². The first-order valence-corrected chi connectivity index (χ1v) is 17.1. The Morgan fingerprint density at radius 3 is 2.44 bits per heavy atom. The first-order valence-electron chi connectivity index (χ1n) is 15.7. The van der Waals surface area contributed by atoms with Crippen LogP contribution in [0.1, 0.15) is 58.7 Å². The molecule has 14 heteroatoms. The second-order valence-electron chi connectivity index (χ2n) is 11.7. The largest absolute Gasteiger partial charge is 0.496 e. The predicted molar refractivity (Wildman–Crippen MR) is 189 cm³/mol. The molecule has 2 amide bonds. The number of nitrogens with zero attached hydrogens (tertiary/aromatic N) is 5. The number of hydrogen-bond donors (Lipinski definition) is 3. The highest BCUT2D eigenvalue weighted by Crippen LogP contribution is 2.37. The van der Waals surface area contributed by atoms with Gasteiger partial charge in [0.1, 0.15) is 34.4 Å². The first kappa shape index (κ1) is 35.5. The zero-order chi connectivity index (χ0) is 36.2. The molecule has 0 spiro atoms. The van der Waals surface area contributed by atoms with Crippen LogP contribution in [-0.2, 0) is 14.9 Å². The second-order valence-corrected chi connectivity index (χ2v) is 13.0. The summed E-state index contributed by atoms with van der Waals surface area (Å²) in [6.45, 7) is 7.48. The van der Waals surface area contributed by atoms with Crippen molar-refractivity contribution in [1.82, 2.24) is 24.3 Å². The molecule has 3 aromatic heterocycles. The average molecular weight is 696 g/mol. The third kappa shape index (κ3) is 7.44. The zero-order valence-corrected chi connectivity index (χ0v) is 29.1. The number of fused-ring (bicyclic) bond motifs is 1. The van der Waals surface area contributed by atoms with Gasteiger partial charge in [-0.1, -0.05) is 35.7 Å². The van der Waals surface area contributed by atoms with Gasteiger partial charge in [-0.25, -0.2) is 15.0 Å². The fraction of sp³-hybridized carbons (Fsp3) is 0.250. The Hall–Kier alpha value is -5.78. The molecule has 0 saturated carbocycles. The van der Waals surface area contributed by atoms with Gasteiger partial charge in [0.2, 0.25) is 0 Å². The molecule has 13 nitrogen and oxygen atoms in total. The summed E-state index contributed by atoms with van der Waals surface area (Å²) >= 11 is 0. The number of nitrogens with two attached hydrogens (primary N) is 1. The first-order chi connectivity index (χ1) is 23.8. The minimum absolute atomic E-state index is 0.0260. The molecule has 2 aromatic carbocycles. The fourth-order valence-electron chi connectivity index (χ4n) is 6.20. The van der Waals surface area contributed by atoms with Crippen molar-refractivity contribution in [2.75, 3.05) is 24.7 Å². The topological polar surface area (TPSA) is 182 Å². The molecule has 4 heterocycles. The van der Waals surface area contributed by atoms with E-state index in [9.17, 15) is 18.0 Å². The standard InChI is InChI=1S/C27H25N7O3.C9H12O3S/c1-3-7-22(35)33-14-6-8-19(33)26-32-23(24-25(28)30-13-15-34(24)26)17-10-11-18(20(16-17)37-2)27(36)31-21-9-4-5-12-29-21;1-6-4-7(2)9(8(3)5-6)13(10,11)12/h4-5,9-13,15-16,19H,6,8,14H2,1-2H3,(H2,28,30)(H,29,31,36);4-5H,1-3H3,(H,10,11,12)/t19-;/m0./s1. The maximum Gasteiger partial charge on any atom is 0.299 e. The molecule has 258 valence electrons. The number of nitrogens with one attached hydrogen (secondary N) is 1. The maximum absolute atomic E-state index is 12.9. The maximum atomic E-state index is 12.9. The molecule has 50 heavy (non-hydrogen) atoms. The Bertz CT molecular complexity index is 2240. The van der Waals surface area contributed by atoms with Crippen LogP contribution in [0.25, 0.3) is 16.8 Å². The van der Waals surface area contributed by atoms with Gasteiger partial charge in [-0.3, -0.25) is 18.5 Å². The minimum Gasteiger partial charge on any atom is -0.496 e. The number of aryl methyl sites for hydroxylation is 3. The fourth-order valence-corrected chi connectivity index (χ4v) is 7.13. The molecular weight excluding hydrogens is 659 g/mol. The lowest BCUT2D eigenvalue weighted by atomic mass is 10.1. The Labute approximate surface area is 290 Å². The number of hydrogen-bond acceptors (Lipinski definition) is 9. The molecule has 0 unspecified atom stereocenters. The summed E-state index contributed by atoms with van der Waals surface area (Å²) in [6.07, 6.45) is 6.60. The second kappa shape index (κ2) is 14.8. The molecule has 0 radical (unpaired) electrons. The molecule has 1 aliphatic heterocycles. The molecule has 6 rings (SSSR count). The number of pyridine rings is 1. The third-order valence-corrected chi connectivity index (χ3v) is 9.30. The summed E-state index contributed by atoms with van der Waals surface area (Å²) in [5.41, 5.74) is 10.7. The lowest BCUT2D eigenvalue weighted by Gasteiger charge is -2.21.